The molecule has 0 unspecified atom stereocenters. The van der Waals surface area contributed by atoms with Crippen molar-refractivity contribution in [3.05, 3.63) is 181 Å². The second kappa shape index (κ2) is 10.8. The SMILES string of the molecule is CC1(C)c2cc(-c3cccc(-c4c5ccccc5c(-c5ccccc5)c5ccccc45)c3)ccc2-c2c1c1ccccc1c1oc3ccccc3c21. The fourth-order valence-electron chi connectivity index (χ4n) is 9.36. The predicted octanol–water partition coefficient (Wildman–Crippen LogP) is 14.4. The molecule has 244 valence electrons. The van der Waals surface area contributed by atoms with Gasteiger partial charge in [-0.2, -0.15) is 0 Å². The Bertz CT molecular complexity index is 3030. The smallest absolute Gasteiger partial charge is 0.143 e. The van der Waals surface area contributed by atoms with Crippen molar-refractivity contribution in [2.75, 3.05) is 0 Å². The van der Waals surface area contributed by atoms with E-state index in [1.54, 1.807) is 0 Å². The molecule has 0 atom stereocenters. The quantitative estimate of drug-likeness (QED) is 0.172. The molecule has 11 rings (SSSR count). The minimum atomic E-state index is -0.204. The van der Waals surface area contributed by atoms with Crippen molar-refractivity contribution in [2.45, 2.75) is 19.3 Å². The van der Waals surface area contributed by atoms with E-state index in [2.05, 4.69) is 184 Å². The summed E-state index contributed by atoms with van der Waals surface area (Å²) in [6.07, 6.45) is 0. The third-order valence-electron chi connectivity index (χ3n) is 11.6. The minimum Gasteiger partial charge on any atom is -0.455 e. The molecule has 1 heterocycles. The molecule has 0 N–H and O–H groups in total. The van der Waals surface area contributed by atoms with Gasteiger partial charge in [-0.25, -0.2) is 0 Å². The minimum absolute atomic E-state index is 0.204. The van der Waals surface area contributed by atoms with Gasteiger partial charge in [0.15, 0.2) is 0 Å². The topological polar surface area (TPSA) is 13.1 Å². The van der Waals surface area contributed by atoms with Gasteiger partial charge < -0.3 is 4.42 Å². The van der Waals surface area contributed by atoms with E-state index in [0.29, 0.717) is 0 Å². The maximum absolute atomic E-state index is 6.62. The molecule has 0 spiro atoms. The summed E-state index contributed by atoms with van der Waals surface area (Å²) in [5, 5.41) is 9.94. The van der Waals surface area contributed by atoms with E-state index in [0.717, 1.165) is 11.2 Å². The van der Waals surface area contributed by atoms with E-state index >= 15 is 0 Å². The summed E-state index contributed by atoms with van der Waals surface area (Å²) in [4.78, 5) is 0. The fraction of sp³-hybridized carbons (Fsp3) is 0.0588. The van der Waals surface area contributed by atoms with Crippen molar-refractivity contribution in [2.24, 2.45) is 0 Å². The molecular formula is C51H34O. The van der Waals surface area contributed by atoms with Crippen LogP contribution in [0.4, 0.5) is 0 Å². The predicted molar refractivity (Wildman–Crippen MR) is 220 cm³/mol. The number of fused-ring (bicyclic) bond motifs is 12. The zero-order valence-electron chi connectivity index (χ0n) is 29.1. The molecule has 9 aromatic carbocycles. The first-order valence-corrected chi connectivity index (χ1v) is 18.2. The molecule has 10 aromatic rings. The molecule has 1 nitrogen and oxygen atoms in total. The molecule has 0 saturated heterocycles. The van der Waals surface area contributed by atoms with Crippen molar-refractivity contribution in [1.29, 1.82) is 0 Å². The Morgan fingerprint density at radius 3 is 1.60 bits per heavy atom. The van der Waals surface area contributed by atoms with E-state index in [-0.39, 0.29) is 5.41 Å². The number of benzene rings is 9. The Kier molecular flexibility index (Phi) is 6.08. The van der Waals surface area contributed by atoms with Crippen LogP contribution in [0.15, 0.2) is 174 Å². The van der Waals surface area contributed by atoms with Crippen LogP contribution in [0, 0.1) is 0 Å². The molecule has 1 aliphatic carbocycles. The summed E-state index contributed by atoms with van der Waals surface area (Å²) in [6.45, 7) is 4.79. The van der Waals surface area contributed by atoms with Crippen molar-refractivity contribution < 1.29 is 4.42 Å². The molecule has 0 bridgehead atoms. The average molecular weight is 663 g/mol. The van der Waals surface area contributed by atoms with Crippen molar-refractivity contribution in [1.82, 2.24) is 0 Å². The monoisotopic (exact) mass is 662 g/mol. The Labute approximate surface area is 302 Å². The second-order valence-corrected chi connectivity index (χ2v) is 14.8. The zero-order chi connectivity index (χ0) is 34.6. The molecule has 0 amide bonds. The van der Waals surface area contributed by atoms with E-state index in [1.807, 2.05) is 0 Å². The van der Waals surface area contributed by atoms with Gasteiger partial charge in [-0.15, -0.1) is 0 Å². The van der Waals surface area contributed by atoms with E-state index < -0.39 is 0 Å². The summed E-state index contributed by atoms with van der Waals surface area (Å²) in [5.74, 6) is 0. The van der Waals surface area contributed by atoms with Crippen LogP contribution in [-0.2, 0) is 5.41 Å². The Balaban J connectivity index is 1.13. The van der Waals surface area contributed by atoms with Crippen LogP contribution < -0.4 is 0 Å². The molecule has 0 saturated carbocycles. The van der Waals surface area contributed by atoms with E-state index in [4.69, 9.17) is 4.42 Å². The first-order chi connectivity index (χ1) is 25.6. The molecule has 0 aliphatic heterocycles. The zero-order valence-corrected chi connectivity index (χ0v) is 29.1. The van der Waals surface area contributed by atoms with Gasteiger partial charge in [0.25, 0.3) is 0 Å². The van der Waals surface area contributed by atoms with Gasteiger partial charge in [-0.3, -0.25) is 0 Å². The summed E-state index contributed by atoms with van der Waals surface area (Å²) in [6, 6.07) is 62.2. The number of furan rings is 1. The highest BCUT2D eigenvalue weighted by molar-refractivity contribution is 6.25. The average Bonchev–Trinajstić information content (AvgIpc) is 3.70. The van der Waals surface area contributed by atoms with E-state index in [9.17, 15) is 0 Å². The third kappa shape index (κ3) is 3.99. The van der Waals surface area contributed by atoms with Gasteiger partial charge in [0.1, 0.15) is 11.2 Å². The first kappa shape index (κ1) is 29.3. The van der Waals surface area contributed by atoms with Crippen LogP contribution in [0.2, 0.25) is 0 Å². The van der Waals surface area contributed by atoms with Crippen LogP contribution in [0.5, 0.6) is 0 Å². The van der Waals surface area contributed by atoms with Crippen LogP contribution in [0.1, 0.15) is 25.0 Å². The molecule has 0 radical (unpaired) electrons. The summed E-state index contributed by atoms with van der Waals surface area (Å²) < 4.78 is 6.62. The fourth-order valence-corrected chi connectivity index (χ4v) is 9.36. The molecular weight excluding hydrogens is 629 g/mol. The van der Waals surface area contributed by atoms with Crippen molar-refractivity contribution >= 4 is 54.3 Å². The maximum atomic E-state index is 6.62. The number of hydrogen-bond acceptors (Lipinski definition) is 1. The highest BCUT2D eigenvalue weighted by atomic mass is 16.3. The standard InChI is InChI=1S/C51H34O/c1-51(2)43-30-33(27-28-41(43)47-48-42-25-12-13-26-44(42)52-50(48)40-24-11-10-23-39(40)49(47)51)32-17-14-18-34(29-32)46-37-21-8-6-19-35(37)45(31-15-4-3-5-16-31)36-20-7-9-22-38(36)46/h3-30H,1-2H3. The molecule has 1 aromatic heterocycles. The Morgan fingerprint density at radius 2 is 0.904 bits per heavy atom. The number of hydrogen-bond donors (Lipinski definition) is 0. The lowest BCUT2D eigenvalue weighted by Crippen LogP contribution is -2.15. The van der Waals surface area contributed by atoms with Crippen LogP contribution in [0.3, 0.4) is 0 Å². The van der Waals surface area contributed by atoms with Crippen molar-refractivity contribution in [3.8, 4) is 44.5 Å². The Hall–Kier alpha value is -6.44. The largest absolute Gasteiger partial charge is 0.455 e. The number of rotatable bonds is 3. The van der Waals surface area contributed by atoms with Gasteiger partial charge in [-0.1, -0.05) is 166 Å². The van der Waals surface area contributed by atoms with Crippen molar-refractivity contribution in [3.63, 3.8) is 0 Å². The Morgan fingerprint density at radius 1 is 0.385 bits per heavy atom. The second-order valence-electron chi connectivity index (χ2n) is 14.8. The van der Waals surface area contributed by atoms with Gasteiger partial charge in [0, 0.05) is 21.6 Å². The molecule has 1 heteroatoms. The summed E-state index contributed by atoms with van der Waals surface area (Å²) >= 11 is 0. The number of para-hydroxylation sites is 1. The summed E-state index contributed by atoms with van der Waals surface area (Å²) in [5.41, 5.74) is 14.6. The van der Waals surface area contributed by atoms with Crippen LogP contribution in [-0.4, -0.2) is 0 Å². The normalized spacial score (nSPS) is 13.3. The van der Waals surface area contributed by atoms with Gasteiger partial charge >= 0.3 is 0 Å². The lowest BCUT2D eigenvalue weighted by Gasteiger charge is -2.24. The van der Waals surface area contributed by atoms with E-state index in [1.165, 1.54) is 98.7 Å². The first-order valence-electron chi connectivity index (χ1n) is 18.2. The molecule has 1 aliphatic rings. The van der Waals surface area contributed by atoms with Gasteiger partial charge in [0.2, 0.25) is 0 Å². The molecule has 0 fully saturated rings. The summed E-state index contributed by atoms with van der Waals surface area (Å²) in [7, 11) is 0. The van der Waals surface area contributed by atoms with Crippen LogP contribution in [0.25, 0.3) is 98.8 Å². The van der Waals surface area contributed by atoms with Gasteiger partial charge in [-0.05, 0) is 101 Å². The lowest BCUT2D eigenvalue weighted by atomic mass is 9.79. The lowest BCUT2D eigenvalue weighted by molar-refractivity contribution is 0.664. The highest BCUT2D eigenvalue weighted by Crippen LogP contribution is 2.57. The van der Waals surface area contributed by atoms with Gasteiger partial charge in [0.05, 0.1) is 0 Å². The highest BCUT2D eigenvalue weighted by Gasteiger charge is 2.39. The van der Waals surface area contributed by atoms with Crippen LogP contribution >= 0.6 is 0 Å². The third-order valence-corrected chi connectivity index (χ3v) is 11.6. The maximum Gasteiger partial charge on any atom is 0.143 e. The molecule has 52 heavy (non-hydrogen) atoms.